The summed E-state index contributed by atoms with van der Waals surface area (Å²) in [4.78, 5) is 0. The van der Waals surface area contributed by atoms with Crippen molar-refractivity contribution in [3.05, 3.63) is 53.8 Å². The van der Waals surface area contributed by atoms with Gasteiger partial charge in [-0.05, 0) is 23.6 Å². The highest BCUT2D eigenvalue weighted by Crippen LogP contribution is 2.45. The molecule has 0 unspecified atom stereocenters. The Labute approximate surface area is 117 Å². The van der Waals surface area contributed by atoms with E-state index in [1.54, 1.807) is 0 Å². The lowest BCUT2D eigenvalue weighted by Crippen LogP contribution is -2.20. The molecule has 1 aromatic heterocycles. The monoisotopic (exact) mass is 268 g/mol. The Morgan fingerprint density at radius 2 is 1.84 bits per heavy atom. The second-order valence-electron chi connectivity index (χ2n) is 5.37. The van der Waals surface area contributed by atoms with Crippen LogP contribution in [0.3, 0.4) is 0 Å². The summed E-state index contributed by atoms with van der Waals surface area (Å²) in [5.41, 5.74) is 6.80. The molecule has 3 heteroatoms. The van der Waals surface area contributed by atoms with Gasteiger partial charge in [0.05, 0.1) is 11.7 Å². The van der Waals surface area contributed by atoms with E-state index in [0.717, 1.165) is 11.4 Å². The minimum atomic E-state index is -0.0809. The number of rotatable bonds is 1. The first-order chi connectivity index (χ1) is 9.07. The summed E-state index contributed by atoms with van der Waals surface area (Å²) in [6.45, 7) is 10.6. The average Bonchev–Trinajstić information content (AvgIpc) is 2.85. The van der Waals surface area contributed by atoms with Crippen LogP contribution in [0.25, 0.3) is 16.8 Å². The zero-order valence-electron chi connectivity index (χ0n) is 11.4. The summed E-state index contributed by atoms with van der Waals surface area (Å²) in [6.07, 6.45) is 1.96. The maximum Gasteiger partial charge on any atom is 0.112 e. The Hall–Kier alpha value is -1.74. The first kappa shape index (κ1) is 12.3. The van der Waals surface area contributed by atoms with E-state index in [4.69, 9.17) is 0 Å². The molecular weight excluding hydrogens is 252 g/mol. The molecule has 0 saturated carbocycles. The second-order valence-corrected chi connectivity index (χ2v) is 5.90. The molecule has 3 rings (SSSR count). The van der Waals surface area contributed by atoms with Crippen molar-refractivity contribution in [1.29, 1.82) is 0 Å². The lowest BCUT2D eigenvalue weighted by Gasteiger charge is -2.28. The molecule has 2 nitrogen and oxygen atoms in total. The topological polar surface area (TPSA) is 25.8 Å². The fourth-order valence-corrected chi connectivity index (χ4v) is 3.61. The van der Waals surface area contributed by atoms with Gasteiger partial charge in [0.1, 0.15) is 11.4 Å². The maximum absolute atomic E-state index is 4.50. The van der Waals surface area contributed by atoms with Crippen molar-refractivity contribution >= 4 is 17.3 Å². The molecule has 0 spiro atoms. The van der Waals surface area contributed by atoms with Crippen LogP contribution in [0.15, 0.2) is 42.5 Å². The molecule has 0 atom stereocenters. The first-order valence-corrected chi connectivity index (χ1v) is 7.07. The number of allylic oxidation sites excluding steroid dienone is 3. The van der Waals surface area contributed by atoms with E-state index in [1.807, 2.05) is 6.08 Å². The van der Waals surface area contributed by atoms with Gasteiger partial charge in [-0.1, -0.05) is 50.8 Å². The van der Waals surface area contributed by atoms with Gasteiger partial charge in [-0.3, -0.25) is 0 Å². The average molecular weight is 268 g/mol. The van der Waals surface area contributed by atoms with Crippen molar-refractivity contribution in [2.24, 2.45) is 0 Å². The molecule has 1 aromatic carbocycles. The molecule has 0 N–H and O–H groups in total. The van der Waals surface area contributed by atoms with Crippen molar-refractivity contribution in [2.45, 2.75) is 26.2 Å². The second kappa shape index (κ2) is 4.14. The van der Waals surface area contributed by atoms with Gasteiger partial charge >= 0.3 is 0 Å². The Balaban J connectivity index is 2.47. The number of hydrogen-bond acceptors (Lipinski definition) is 3. The zero-order valence-corrected chi connectivity index (χ0v) is 12.2. The fourth-order valence-electron chi connectivity index (χ4n) is 3.00. The third kappa shape index (κ3) is 1.61. The lowest BCUT2D eigenvalue weighted by molar-refractivity contribution is 0.644. The lowest BCUT2D eigenvalue weighted by atomic mass is 9.75. The highest BCUT2D eigenvalue weighted by molar-refractivity contribution is 6.99. The minimum Gasteiger partial charge on any atom is -0.173 e. The van der Waals surface area contributed by atoms with Crippen molar-refractivity contribution in [1.82, 2.24) is 8.75 Å². The van der Waals surface area contributed by atoms with Gasteiger partial charge in [-0.25, -0.2) is 0 Å². The summed E-state index contributed by atoms with van der Waals surface area (Å²) < 4.78 is 8.99. The van der Waals surface area contributed by atoms with Crippen LogP contribution in [-0.2, 0) is 5.41 Å². The van der Waals surface area contributed by atoms with Crippen LogP contribution >= 0.6 is 11.7 Å². The highest BCUT2D eigenvalue weighted by Gasteiger charge is 2.33. The van der Waals surface area contributed by atoms with Crippen molar-refractivity contribution < 1.29 is 0 Å². The molecule has 2 aromatic rings. The van der Waals surface area contributed by atoms with Crippen LogP contribution in [0, 0.1) is 0 Å². The summed E-state index contributed by atoms with van der Waals surface area (Å²) in [5, 5.41) is 0. The molecule has 96 valence electrons. The summed E-state index contributed by atoms with van der Waals surface area (Å²) in [6, 6.07) is 8.46. The summed E-state index contributed by atoms with van der Waals surface area (Å²) in [5.74, 6) is 0. The van der Waals surface area contributed by atoms with E-state index in [0.29, 0.717) is 0 Å². The van der Waals surface area contributed by atoms with Crippen LogP contribution in [-0.4, -0.2) is 8.75 Å². The van der Waals surface area contributed by atoms with Crippen LogP contribution in [0.2, 0.25) is 0 Å². The summed E-state index contributed by atoms with van der Waals surface area (Å²) >= 11 is 1.28. The maximum atomic E-state index is 4.50. The SMILES string of the molecule is C=CC1=C(C)c2nsnc2-c2ccccc2C1(C)C. The molecule has 19 heavy (non-hydrogen) atoms. The smallest absolute Gasteiger partial charge is 0.112 e. The number of nitrogens with zero attached hydrogens (tertiary/aromatic N) is 2. The van der Waals surface area contributed by atoms with Gasteiger partial charge in [0, 0.05) is 11.0 Å². The molecule has 0 bridgehead atoms. The Morgan fingerprint density at radius 1 is 1.16 bits per heavy atom. The summed E-state index contributed by atoms with van der Waals surface area (Å²) in [7, 11) is 0. The Bertz CT molecular complexity index is 692. The van der Waals surface area contributed by atoms with E-state index >= 15 is 0 Å². The van der Waals surface area contributed by atoms with Crippen molar-refractivity contribution in [2.75, 3.05) is 0 Å². The first-order valence-electron chi connectivity index (χ1n) is 6.34. The van der Waals surface area contributed by atoms with Crippen molar-refractivity contribution in [3.8, 4) is 11.3 Å². The Kier molecular flexibility index (Phi) is 2.68. The van der Waals surface area contributed by atoms with Gasteiger partial charge in [0.15, 0.2) is 0 Å². The van der Waals surface area contributed by atoms with E-state index < -0.39 is 0 Å². The molecule has 0 radical (unpaired) electrons. The van der Waals surface area contributed by atoms with Gasteiger partial charge in [-0.15, -0.1) is 0 Å². The molecule has 0 fully saturated rings. The molecular formula is C16H16N2S. The van der Waals surface area contributed by atoms with Crippen molar-refractivity contribution in [3.63, 3.8) is 0 Å². The largest absolute Gasteiger partial charge is 0.173 e. The van der Waals surface area contributed by atoms with Gasteiger partial charge in [0.25, 0.3) is 0 Å². The molecule has 0 saturated heterocycles. The molecule has 1 heterocycles. The highest BCUT2D eigenvalue weighted by atomic mass is 32.1. The molecule has 1 aliphatic rings. The van der Waals surface area contributed by atoms with Crippen LogP contribution in [0.4, 0.5) is 0 Å². The number of aromatic nitrogens is 2. The van der Waals surface area contributed by atoms with E-state index in [9.17, 15) is 0 Å². The number of benzene rings is 1. The van der Waals surface area contributed by atoms with E-state index in [2.05, 4.69) is 60.4 Å². The third-order valence-corrected chi connectivity index (χ3v) is 4.51. The third-order valence-electron chi connectivity index (χ3n) is 3.98. The molecule has 0 aliphatic heterocycles. The zero-order chi connectivity index (χ0) is 13.6. The molecule has 0 amide bonds. The number of hydrogen-bond donors (Lipinski definition) is 0. The van der Waals surface area contributed by atoms with Gasteiger partial charge < -0.3 is 0 Å². The normalized spacial score (nSPS) is 16.6. The van der Waals surface area contributed by atoms with Gasteiger partial charge in [0.2, 0.25) is 0 Å². The predicted octanol–water partition coefficient (Wildman–Crippen LogP) is 4.46. The minimum absolute atomic E-state index is 0.0809. The van der Waals surface area contributed by atoms with Crippen LogP contribution in [0.1, 0.15) is 32.0 Å². The van der Waals surface area contributed by atoms with Gasteiger partial charge in [-0.2, -0.15) is 8.75 Å². The quantitative estimate of drug-likeness (QED) is 0.763. The fraction of sp³-hybridized carbons (Fsp3) is 0.250. The van der Waals surface area contributed by atoms with E-state index in [-0.39, 0.29) is 5.41 Å². The van der Waals surface area contributed by atoms with E-state index in [1.165, 1.54) is 34.0 Å². The van der Waals surface area contributed by atoms with Crippen LogP contribution < -0.4 is 0 Å². The Morgan fingerprint density at radius 3 is 2.58 bits per heavy atom. The van der Waals surface area contributed by atoms with Crippen LogP contribution in [0.5, 0.6) is 0 Å². The number of fused-ring (bicyclic) bond motifs is 3. The predicted molar refractivity (Wildman–Crippen MR) is 81.2 cm³/mol. The standard InChI is InChI=1S/C16H16N2S/c1-5-12-10(2)14-15(18-19-17-14)11-8-6-7-9-13(11)16(12,3)4/h5-9H,1H2,2-4H3. The molecule has 1 aliphatic carbocycles.